The number of nitro groups is 1. The van der Waals surface area contributed by atoms with Gasteiger partial charge in [0.2, 0.25) is 5.91 Å². The molecule has 10 heteroatoms. The number of Topliss-reactive ketones (excluding diaryl/α,β-unsaturated/α-hetero) is 1. The second-order valence-electron chi connectivity index (χ2n) is 7.87. The molecule has 34 heavy (non-hydrogen) atoms. The van der Waals surface area contributed by atoms with Crippen molar-refractivity contribution >= 4 is 41.6 Å². The van der Waals surface area contributed by atoms with Crippen LogP contribution in [-0.2, 0) is 14.4 Å². The first-order chi connectivity index (χ1) is 16.8. The SMILES string of the molecule is O=C(O)CCCCCNC(=O)CCCCCCC(=O)CNc1cccc([N+](=O)[O-])c1.[3H]SCCC. The second kappa shape index (κ2) is 20.9. The van der Waals surface area contributed by atoms with E-state index in [9.17, 15) is 24.5 Å². The lowest BCUT2D eigenvalue weighted by Gasteiger charge is -2.06. The molecule has 0 aliphatic heterocycles. The number of benzene rings is 1. The number of carbonyl (C=O) groups is 3. The fraction of sp³-hybridized carbons (Fsp3) is 0.625. The van der Waals surface area contributed by atoms with Crippen LogP contribution in [0.5, 0.6) is 0 Å². The summed E-state index contributed by atoms with van der Waals surface area (Å²) in [5.41, 5.74) is 0.528. The largest absolute Gasteiger partial charge is 0.481 e. The van der Waals surface area contributed by atoms with Crippen molar-refractivity contribution in [3.63, 3.8) is 0 Å². The number of non-ortho nitro benzene ring substituents is 1. The molecule has 0 aliphatic carbocycles. The van der Waals surface area contributed by atoms with E-state index in [2.05, 4.69) is 17.6 Å². The van der Waals surface area contributed by atoms with E-state index in [-0.39, 0.29) is 30.3 Å². The minimum absolute atomic E-state index is 0.00506. The van der Waals surface area contributed by atoms with Crippen LogP contribution in [0.2, 0.25) is 0 Å². The molecule has 0 unspecified atom stereocenters. The molecular weight excluding hydrogens is 458 g/mol. The number of nitro benzene ring substituents is 1. The molecule has 0 saturated heterocycles. The average molecular weight is 500 g/mol. The second-order valence-corrected chi connectivity index (χ2v) is 8.28. The van der Waals surface area contributed by atoms with E-state index in [1.807, 2.05) is 0 Å². The Morgan fingerprint density at radius 2 is 1.74 bits per heavy atom. The number of hydrogen-bond acceptors (Lipinski definition) is 7. The zero-order valence-corrected chi connectivity index (χ0v) is 20.9. The Balaban J connectivity index is 0.00000209. The molecule has 0 radical (unpaired) electrons. The van der Waals surface area contributed by atoms with Crippen LogP contribution in [-0.4, -0.2) is 47.7 Å². The number of nitrogens with zero attached hydrogens (tertiary/aromatic N) is 1. The van der Waals surface area contributed by atoms with Gasteiger partial charge < -0.3 is 15.7 Å². The van der Waals surface area contributed by atoms with E-state index in [1.54, 1.807) is 12.1 Å². The Labute approximate surface area is 208 Å². The maximum atomic E-state index is 11.9. The van der Waals surface area contributed by atoms with E-state index in [4.69, 9.17) is 6.23 Å². The van der Waals surface area contributed by atoms with Crippen molar-refractivity contribution in [1.82, 2.24) is 5.32 Å². The molecule has 0 spiro atoms. The molecule has 1 aromatic carbocycles. The van der Waals surface area contributed by atoms with Crippen molar-refractivity contribution in [2.45, 2.75) is 77.6 Å². The minimum atomic E-state index is -0.792. The summed E-state index contributed by atoms with van der Waals surface area (Å²) >= 11 is 1.15. The number of ketones is 1. The molecule has 1 amide bonds. The smallest absolute Gasteiger partial charge is 0.303 e. The first-order valence-electron chi connectivity index (χ1n) is 12.3. The number of aliphatic carboxylic acids is 1. The summed E-state index contributed by atoms with van der Waals surface area (Å²) in [6.07, 6.45) is 7.64. The Morgan fingerprint density at radius 3 is 2.35 bits per heavy atom. The van der Waals surface area contributed by atoms with Crippen LogP contribution in [0, 0.1) is 10.1 Å². The fourth-order valence-electron chi connectivity index (χ4n) is 2.87. The number of unbranched alkanes of at least 4 members (excludes halogenated alkanes) is 5. The Hall–Kier alpha value is -2.62. The summed E-state index contributed by atoms with van der Waals surface area (Å²) in [5, 5.41) is 25.0. The van der Waals surface area contributed by atoms with Crippen LogP contribution >= 0.6 is 12.5 Å². The van der Waals surface area contributed by atoms with Crippen molar-refractivity contribution in [2.75, 3.05) is 24.2 Å². The zero-order chi connectivity index (χ0) is 26.3. The predicted molar refractivity (Wildman–Crippen MR) is 138 cm³/mol. The van der Waals surface area contributed by atoms with E-state index in [0.717, 1.165) is 63.2 Å². The van der Waals surface area contributed by atoms with Gasteiger partial charge in [-0.1, -0.05) is 32.3 Å². The van der Waals surface area contributed by atoms with Crippen molar-refractivity contribution in [2.24, 2.45) is 0 Å². The van der Waals surface area contributed by atoms with Crippen LogP contribution < -0.4 is 10.6 Å². The summed E-state index contributed by atoms with van der Waals surface area (Å²) in [4.78, 5) is 44.3. The number of nitrogens with one attached hydrogen (secondary N) is 2. The lowest BCUT2D eigenvalue weighted by molar-refractivity contribution is -0.384. The molecule has 1 rings (SSSR count). The topological polar surface area (TPSA) is 139 Å². The quantitative estimate of drug-likeness (QED) is 0.0908. The highest BCUT2D eigenvalue weighted by molar-refractivity contribution is 7.80. The van der Waals surface area contributed by atoms with E-state index >= 15 is 0 Å². The zero-order valence-electron chi connectivity index (χ0n) is 21.1. The first-order valence-corrected chi connectivity index (χ1v) is 12.4. The number of amides is 1. The number of thiol groups is 1. The van der Waals surface area contributed by atoms with Gasteiger partial charge in [-0.3, -0.25) is 24.5 Å². The van der Waals surface area contributed by atoms with Gasteiger partial charge in [0.25, 0.3) is 5.69 Å². The number of carboxylic acids is 1. The molecule has 0 heterocycles. The van der Waals surface area contributed by atoms with Crippen LogP contribution in [0.25, 0.3) is 0 Å². The van der Waals surface area contributed by atoms with E-state index in [1.165, 1.54) is 12.1 Å². The number of carboxylic acid groups (broad SMARTS) is 1. The summed E-state index contributed by atoms with van der Waals surface area (Å²) < 4.78 is 6.52. The van der Waals surface area contributed by atoms with Gasteiger partial charge >= 0.3 is 5.97 Å². The van der Waals surface area contributed by atoms with Gasteiger partial charge in [-0.05, 0) is 43.9 Å². The Morgan fingerprint density at radius 1 is 1.06 bits per heavy atom. The fourth-order valence-corrected chi connectivity index (χ4v) is 2.87. The van der Waals surface area contributed by atoms with Gasteiger partial charge in [0.05, 0.1) is 11.5 Å². The lowest BCUT2D eigenvalue weighted by Crippen LogP contribution is -2.24. The molecule has 192 valence electrons. The third-order valence-corrected chi connectivity index (χ3v) is 5.16. The predicted octanol–water partition coefficient (Wildman–Crippen LogP) is 5.00. The van der Waals surface area contributed by atoms with Gasteiger partial charge in [-0.15, -0.1) is 0 Å². The highest BCUT2D eigenvalue weighted by Crippen LogP contribution is 2.17. The summed E-state index contributed by atoms with van der Waals surface area (Å²) in [6.45, 7) is 2.78. The standard InChI is InChI=1S/C21H31N3O6.C3H8S/c25-19(16-23-17-9-8-10-18(15-17)24(29)30)11-4-1-2-5-12-20(26)22-14-7-3-6-13-21(27)28;1-2-3-4/h8-10,15,23H,1-7,11-14,16H2,(H,22,26)(H,27,28);4H,2-3H2,1H3/i/hT. The van der Waals surface area contributed by atoms with Crippen molar-refractivity contribution in [1.29, 1.82) is 1.12 Å². The van der Waals surface area contributed by atoms with E-state index in [0.29, 0.717) is 31.5 Å². The Kier molecular flexibility index (Phi) is 18.1. The van der Waals surface area contributed by atoms with Crippen molar-refractivity contribution < 1.29 is 24.4 Å². The molecule has 9 nitrogen and oxygen atoms in total. The molecule has 0 bridgehead atoms. The highest BCUT2D eigenvalue weighted by Gasteiger charge is 2.07. The summed E-state index contributed by atoms with van der Waals surface area (Å²) in [5.74, 6) is 0.229. The molecule has 3 N–H and O–H groups in total. The molecule has 0 atom stereocenters. The van der Waals surface area contributed by atoms with Gasteiger partial charge in [-0.25, -0.2) is 0 Å². The molecule has 0 saturated carbocycles. The highest BCUT2D eigenvalue weighted by atomic mass is 32.1. The van der Waals surface area contributed by atoms with Crippen molar-refractivity contribution in [3.05, 3.63) is 34.4 Å². The normalized spacial score (nSPS) is 10.4. The van der Waals surface area contributed by atoms with Gasteiger partial charge in [0.1, 0.15) is 1.12 Å². The number of anilines is 1. The van der Waals surface area contributed by atoms with Crippen LogP contribution in [0.15, 0.2) is 24.3 Å². The van der Waals surface area contributed by atoms with Crippen LogP contribution in [0.4, 0.5) is 11.4 Å². The van der Waals surface area contributed by atoms with Gasteiger partial charge in [-0.2, -0.15) is 12.5 Å². The number of rotatable bonds is 19. The average Bonchev–Trinajstić information content (AvgIpc) is 2.83. The Bertz CT molecular complexity index is 765. The number of carbonyl (C=O) groups excluding carboxylic acids is 2. The monoisotopic (exact) mass is 499 g/mol. The molecule has 0 aliphatic rings. The molecule has 0 fully saturated rings. The van der Waals surface area contributed by atoms with E-state index < -0.39 is 10.9 Å². The maximum absolute atomic E-state index is 11.9. The maximum Gasteiger partial charge on any atom is 0.303 e. The third-order valence-electron chi connectivity index (χ3n) is 4.75. The van der Waals surface area contributed by atoms with Crippen LogP contribution in [0.1, 0.15) is 77.6 Å². The lowest BCUT2D eigenvalue weighted by atomic mass is 10.1. The molecule has 1 aromatic rings. The van der Waals surface area contributed by atoms with Crippen molar-refractivity contribution in [3.8, 4) is 0 Å². The van der Waals surface area contributed by atoms with Gasteiger partial charge in [0, 0.05) is 43.6 Å². The third kappa shape index (κ3) is 18.9. The summed E-state index contributed by atoms with van der Waals surface area (Å²) in [7, 11) is 0. The molecule has 0 aromatic heterocycles. The first kappa shape index (κ1) is 29.4. The minimum Gasteiger partial charge on any atom is -0.481 e. The van der Waals surface area contributed by atoms with Crippen LogP contribution in [0.3, 0.4) is 0 Å². The summed E-state index contributed by atoms with van der Waals surface area (Å²) in [6, 6.07) is 6.05. The number of hydrogen-bond donors (Lipinski definition) is 4. The molecular formula is C24H39N3O6S. The van der Waals surface area contributed by atoms with Gasteiger partial charge in [0.15, 0.2) is 5.78 Å².